The zero-order chi connectivity index (χ0) is 18.0. The minimum atomic E-state index is -0.323. The van der Waals surface area contributed by atoms with Crippen molar-refractivity contribution in [3.8, 4) is 22.8 Å². The van der Waals surface area contributed by atoms with Crippen molar-refractivity contribution in [2.75, 3.05) is 12.4 Å². The van der Waals surface area contributed by atoms with E-state index in [0.29, 0.717) is 28.4 Å². The minimum Gasteiger partial charge on any atom is -0.507 e. The van der Waals surface area contributed by atoms with Crippen molar-refractivity contribution in [3.05, 3.63) is 59.3 Å². The highest BCUT2D eigenvalue weighted by Gasteiger charge is 2.15. The van der Waals surface area contributed by atoms with Gasteiger partial charge in [0, 0.05) is 17.3 Å². The molecule has 0 spiro atoms. The van der Waals surface area contributed by atoms with E-state index in [-0.39, 0.29) is 11.7 Å². The fourth-order valence-corrected chi connectivity index (χ4v) is 2.63. The van der Waals surface area contributed by atoms with Crippen LogP contribution in [0.1, 0.15) is 21.6 Å². The molecule has 0 aliphatic carbocycles. The number of aryl methyl sites for hydroxylation is 2. The highest BCUT2D eigenvalue weighted by Crippen LogP contribution is 2.32. The first-order valence-corrected chi connectivity index (χ1v) is 7.79. The predicted molar refractivity (Wildman–Crippen MR) is 96.1 cm³/mol. The number of anilines is 1. The topological polar surface area (TPSA) is 87.2 Å². The van der Waals surface area contributed by atoms with Crippen LogP contribution in [0.2, 0.25) is 0 Å². The third-order valence-corrected chi connectivity index (χ3v) is 3.87. The Hall–Kier alpha value is -3.28. The van der Waals surface area contributed by atoms with E-state index >= 15 is 0 Å². The first-order chi connectivity index (χ1) is 12.0. The van der Waals surface area contributed by atoms with Crippen molar-refractivity contribution in [1.29, 1.82) is 0 Å². The fraction of sp³-hybridized carbons (Fsp3) is 0.158. The van der Waals surface area contributed by atoms with Crippen molar-refractivity contribution in [2.45, 2.75) is 13.8 Å². The molecule has 2 aromatic carbocycles. The van der Waals surface area contributed by atoms with Crippen molar-refractivity contribution in [3.63, 3.8) is 0 Å². The van der Waals surface area contributed by atoms with Crippen LogP contribution in [0, 0.1) is 13.8 Å². The molecule has 0 radical (unpaired) electrons. The van der Waals surface area contributed by atoms with Crippen LogP contribution in [0.5, 0.6) is 11.5 Å². The number of nitrogens with zero attached hydrogens (tertiary/aromatic N) is 1. The lowest BCUT2D eigenvalue weighted by Crippen LogP contribution is -2.12. The van der Waals surface area contributed by atoms with Crippen LogP contribution >= 0.6 is 0 Å². The number of nitrogens with one attached hydrogen (secondary N) is 2. The molecule has 128 valence electrons. The number of carbonyl (C=O) groups is 1. The van der Waals surface area contributed by atoms with Crippen molar-refractivity contribution >= 4 is 11.6 Å². The third kappa shape index (κ3) is 3.47. The van der Waals surface area contributed by atoms with E-state index in [0.717, 1.165) is 11.1 Å². The van der Waals surface area contributed by atoms with Gasteiger partial charge in [0.05, 0.1) is 12.8 Å². The molecule has 0 aliphatic heterocycles. The summed E-state index contributed by atoms with van der Waals surface area (Å²) >= 11 is 0. The second-order valence-electron chi connectivity index (χ2n) is 5.83. The molecule has 6 nitrogen and oxygen atoms in total. The van der Waals surface area contributed by atoms with Crippen LogP contribution in [0.15, 0.2) is 42.5 Å². The molecule has 1 aromatic heterocycles. The average Bonchev–Trinajstić information content (AvgIpc) is 3.08. The quantitative estimate of drug-likeness (QED) is 0.678. The highest BCUT2D eigenvalue weighted by molar-refractivity contribution is 6.03. The van der Waals surface area contributed by atoms with Crippen molar-refractivity contribution in [1.82, 2.24) is 10.2 Å². The maximum absolute atomic E-state index is 12.4. The second kappa shape index (κ2) is 6.68. The molecule has 1 amide bonds. The minimum absolute atomic E-state index is 0.164. The Labute approximate surface area is 145 Å². The number of benzene rings is 2. The summed E-state index contributed by atoms with van der Waals surface area (Å²) in [5.74, 6) is 0.496. The molecule has 0 fully saturated rings. The number of methoxy groups -OCH3 is 1. The molecule has 3 N–H and O–H groups in total. The van der Waals surface area contributed by atoms with E-state index in [1.165, 1.54) is 0 Å². The normalized spacial score (nSPS) is 10.5. The second-order valence-corrected chi connectivity index (χ2v) is 5.83. The van der Waals surface area contributed by atoms with Gasteiger partial charge >= 0.3 is 0 Å². The summed E-state index contributed by atoms with van der Waals surface area (Å²) in [4.78, 5) is 12.4. The van der Waals surface area contributed by atoms with Gasteiger partial charge in [0.2, 0.25) is 0 Å². The first kappa shape index (κ1) is 16.6. The Morgan fingerprint density at radius 3 is 2.76 bits per heavy atom. The Kier molecular flexibility index (Phi) is 4.43. The summed E-state index contributed by atoms with van der Waals surface area (Å²) < 4.78 is 5.14. The molecule has 25 heavy (non-hydrogen) atoms. The zero-order valence-corrected chi connectivity index (χ0v) is 14.3. The fourth-order valence-electron chi connectivity index (χ4n) is 2.63. The van der Waals surface area contributed by atoms with E-state index < -0.39 is 0 Å². The van der Waals surface area contributed by atoms with Crippen LogP contribution in [-0.4, -0.2) is 28.3 Å². The van der Waals surface area contributed by atoms with Gasteiger partial charge in [-0.25, -0.2) is 0 Å². The smallest absolute Gasteiger partial charge is 0.273 e. The standard InChI is InChI=1S/C19H19N3O3/c1-11-7-12(2)18(23)15(8-11)16-10-17(22-21-16)19(24)20-13-5-4-6-14(9-13)25-3/h4-10,23H,1-3H3,(H,20,24)(H,21,22). The van der Waals surface area contributed by atoms with Crippen LogP contribution in [0.3, 0.4) is 0 Å². The number of hydrogen-bond acceptors (Lipinski definition) is 4. The molecular weight excluding hydrogens is 318 g/mol. The molecule has 3 rings (SSSR count). The number of aromatic amines is 1. The average molecular weight is 337 g/mol. The number of rotatable bonds is 4. The Morgan fingerprint density at radius 1 is 1.20 bits per heavy atom. The van der Waals surface area contributed by atoms with Crippen LogP contribution in [0.4, 0.5) is 5.69 Å². The van der Waals surface area contributed by atoms with E-state index in [1.807, 2.05) is 26.0 Å². The molecule has 0 bridgehead atoms. The lowest BCUT2D eigenvalue weighted by molar-refractivity contribution is 0.102. The molecule has 6 heteroatoms. The van der Waals surface area contributed by atoms with Gasteiger partial charge in [-0.05, 0) is 49.2 Å². The van der Waals surface area contributed by atoms with E-state index in [4.69, 9.17) is 4.74 Å². The molecule has 0 unspecified atom stereocenters. The molecule has 3 aromatic rings. The molecular formula is C19H19N3O3. The summed E-state index contributed by atoms with van der Waals surface area (Å²) in [5.41, 5.74) is 3.80. The van der Waals surface area contributed by atoms with E-state index in [2.05, 4.69) is 15.5 Å². The number of carbonyl (C=O) groups excluding carboxylic acids is 1. The van der Waals surface area contributed by atoms with Crippen LogP contribution in [0.25, 0.3) is 11.3 Å². The maximum Gasteiger partial charge on any atom is 0.273 e. The summed E-state index contributed by atoms with van der Waals surface area (Å²) in [5, 5.41) is 19.9. The third-order valence-electron chi connectivity index (χ3n) is 3.87. The van der Waals surface area contributed by atoms with Gasteiger partial charge in [0.15, 0.2) is 0 Å². The number of H-pyrrole nitrogens is 1. The highest BCUT2D eigenvalue weighted by atomic mass is 16.5. The Balaban J connectivity index is 1.85. The number of amides is 1. The van der Waals surface area contributed by atoms with Gasteiger partial charge in [-0.15, -0.1) is 0 Å². The van der Waals surface area contributed by atoms with Gasteiger partial charge in [-0.1, -0.05) is 12.1 Å². The maximum atomic E-state index is 12.4. The molecule has 0 atom stereocenters. The molecule has 0 saturated carbocycles. The molecule has 0 aliphatic rings. The number of phenols is 1. The van der Waals surface area contributed by atoms with Crippen LogP contribution < -0.4 is 10.1 Å². The van der Waals surface area contributed by atoms with Crippen LogP contribution in [-0.2, 0) is 0 Å². The van der Waals surface area contributed by atoms with Gasteiger partial charge in [-0.3, -0.25) is 9.89 Å². The number of aromatic hydroxyl groups is 1. The SMILES string of the molecule is COc1cccc(NC(=O)c2cc(-c3cc(C)cc(C)c3O)n[nH]2)c1. The Morgan fingerprint density at radius 2 is 2.00 bits per heavy atom. The number of ether oxygens (including phenoxy) is 1. The molecule has 0 saturated heterocycles. The zero-order valence-electron chi connectivity index (χ0n) is 14.3. The van der Waals surface area contributed by atoms with Gasteiger partial charge in [0.1, 0.15) is 17.2 Å². The van der Waals surface area contributed by atoms with Gasteiger partial charge in [-0.2, -0.15) is 5.10 Å². The predicted octanol–water partition coefficient (Wildman–Crippen LogP) is 3.66. The van der Waals surface area contributed by atoms with Gasteiger partial charge < -0.3 is 15.2 Å². The van der Waals surface area contributed by atoms with E-state index in [9.17, 15) is 9.90 Å². The Bertz CT molecular complexity index is 931. The van der Waals surface area contributed by atoms with Crippen molar-refractivity contribution in [2.24, 2.45) is 0 Å². The summed E-state index contributed by atoms with van der Waals surface area (Å²) in [7, 11) is 1.57. The largest absolute Gasteiger partial charge is 0.507 e. The summed E-state index contributed by atoms with van der Waals surface area (Å²) in [6.45, 7) is 3.77. The van der Waals surface area contributed by atoms with Gasteiger partial charge in [0.25, 0.3) is 5.91 Å². The number of hydrogen-bond donors (Lipinski definition) is 3. The summed E-state index contributed by atoms with van der Waals surface area (Å²) in [6.07, 6.45) is 0. The number of phenolic OH excluding ortho intramolecular Hbond substituents is 1. The monoisotopic (exact) mass is 337 g/mol. The molecule has 1 heterocycles. The summed E-state index contributed by atoms with van der Waals surface area (Å²) in [6, 6.07) is 12.4. The first-order valence-electron chi connectivity index (χ1n) is 7.79. The van der Waals surface area contributed by atoms with E-state index in [1.54, 1.807) is 37.4 Å². The lowest BCUT2D eigenvalue weighted by atomic mass is 10.0. The van der Waals surface area contributed by atoms with Crippen molar-refractivity contribution < 1.29 is 14.6 Å². The number of aromatic nitrogens is 2. The lowest BCUT2D eigenvalue weighted by Gasteiger charge is -2.06.